The number of hydrogen-bond acceptors (Lipinski definition) is 7. The van der Waals surface area contributed by atoms with E-state index in [1.807, 2.05) is 60.7 Å². The number of rotatable bonds is 5. The number of fused-ring (bicyclic) bond motifs is 2. The Labute approximate surface area is 195 Å². The average Bonchev–Trinajstić information content (AvgIpc) is 2.88. The van der Waals surface area contributed by atoms with Gasteiger partial charge in [-0.15, -0.1) is 0 Å². The lowest BCUT2D eigenvalue weighted by molar-refractivity contribution is -0.114. The van der Waals surface area contributed by atoms with E-state index in [0.29, 0.717) is 58.5 Å². The molecule has 1 aromatic heterocycles. The van der Waals surface area contributed by atoms with Crippen LogP contribution in [-0.2, 0) is 4.79 Å². The SMILES string of the molecule is COc1ccc2/c(=N/c3ccccc3NC(=O)CN)cc(-c3ccc4c(c3)OCCO4)oc2c1. The number of amides is 1. The van der Waals surface area contributed by atoms with Crippen LogP contribution in [0.1, 0.15) is 0 Å². The predicted molar refractivity (Wildman–Crippen MR) is 129 cm³/mol. The summed E-state index contributed by atoms with van der Waals surface area (Å²) in [5, 5.41) is 4.26. The van der Waals surface area contributed by atoms with Crippen molar-refractivity contribution >= 4 is 28.3 Å². The summed E-state index contributed by atoms with van der Waals surface area (Å²) in [6.07, 6.45) is 0. The fourth-order valence-electron chi connectivity index (χ4n) is 3.71. The minimum absolute atomic E-state index is 0.116. The van der Waals surface area contributed by atoms with Crippen molar-refractivity contribution in [2.75, 3.05) is 32.2 Å². The van der Waals surface area contributed by atoms with Crippen molar-refractivity contribution in [1.82, 2.24) is 0 Å². The van der Waals surface area contributed by atoms with Crippen LogP contribution in [0.5, 0.6) is 17.2 Å². The molecule has 4 aromatic rings. The van der Waals surface area contributed by atoms with E-state index in [1.165, 1.54) is 0 Å². The second kappa shape index (κ2) is 9.29. The average molecular weight is 457 g/mol. The molecule has 1 aliphatic heterocycles. The Kier molecular flexibility index (Phi) is 5.88. The van der Waals surface area contributed by atoms with Crippen molar-refractivity contribution in [1.29, 1.82) is 0 Å². The Morgan fingerprint density at radius 3 is 2.68 bits per heavy atom. The van der Waals surface area contributed by atoms with Gasteiger partial charge in [0.05, 0.1) is 30.4 Å². The smallest absolute Gasteiger partial charge is 0.238 e. The maximum Gasteiger partial charge on any atom is 0.238 e. The van der Waals surface area contributed by atoms with Crippen molar-refractivity contribution in [2.45, 2.75) is 0 Å². The number of nitrogens with one attached hydrogen (secondary N) is 1. The van der Waals surface area contributed by atoms with Crippen LogP contribution in [0.25, 0.3) is 22.3 Å². The molecule has 3 N–H and O–H groups in total. The lowest BCUT2D eigenvalue weighted by Gasteiger charge is -2.18. The molecule has 5 rings (SSSR count). The second-order valence-electron chi connectivity index (χ2n) is 7.60. The fraction of sp³-hybridized carbons (Fsp3) is 0.154. The molecule has 8 nitrogen and oxygen atoms in total. The van der Waals surface area contributed by atoms with Gasteiger partial charge in [-0.1, -0.05) is 12.1 Å². The van der Waals surface area contributed by atoms with E-state index in [-0.39, 0.29) is 12.5 Å². The van der Waals surface area contributed by atoms with Crippen LogP contribution in [0, 0.1) is 0 Å². The third kappa shape index (κ3) is 4.31. The first-order chi connectivity index (χ1) is 16.6. The highest BCUT2D eigenvalue weighted by atomic mass is 16.6. The fourth-order valence-corrected chi connectivity index (χ4v) is 3.71. The summed E-state index contributed by atoms with van der Waals surface area (Å²) in [6, 6.07) is 20.4. The highest BCUT2D eigenvalue weighted by molar-refractivity contribution is 5.95. The van der Waals surface area contributed by atoms with Gasteiger partial charge >= 0.3 is 0 Å². The van der Waals surface area contributed by atoms with Gasteiger partial charge in [-0.05, 0) is 42.5 Å². The molecule has 0 radical (unpaired) electrons. The number of carbonyl (C=O) groups is 1. The minimum Gasteiger partial charge on any atom is -0.497 e. The number of anilines is 1. The van der Waals surface area contributed by atoms with Crippen molar-refractivity contribution in [3.05, 3.63) is 72.1 Å². The van der Waals surface area contributed by atoms with E-state index >= 15 is 0 Å². The standard InChI is InChI=1S/C26H23N3O5/c1-31-17-7-8-18-21(28-19-4-2-3-5-20(19)29-26(30)15-27)14-23(34-24(18)13-17)16-6-9-22-25(12-16)33-11-10-32-22/h2-9,12-14H,10-11,15,27H2,1H3,(H,29,30)/b28-21+. The Bertz CT molecular complexity index is 1440. The molecular formula is C26H23N3O5. The molecule has 3 aromatic carbocycles. The lowest BCUT2D eigenvalue weighted by Crippen LogP contribution is -2.21. The summed E-state index contributed by atoms with van der Waals surface area (Å²) in [5.41, 5.74) is 8.06. The quantitative estimate of drug-likeness (QED) is 0.469. The molecule has 1 amide bonds. The maximum absolute atomic E-state index is 11.9. The molecule has 34 heavy (non-hydrogen) atoms. The molecule has 2 heterocycles. The Morgan fingerprint density at radius 1 is 1.03 bits per heavy atom. The molecule has 0 saturated carbocycles. The van der Waals surface area contributed by atoms with Crippen LogP contribution in [0.3, 0.4) is 0 Å². The summed E-state index contributed by atoms with van der Waals surface area (Å²) in [6.45, 7) is 0.902. The van der Waals surface area contributed by atoms with Gasteiger partial charge in [0.25, 0.3) is 0 Å². The molecule has 0 bridgehead atoms. The lowest BCUT2D eigenvalue weighted by atomic mass is 10.1. The minimum atomic E-state index is -0.294. The molecule has 0 aliphatic carbocycles. The molecular weight excluding hydrogens is 434 g/mol. The first kappa shape index (κ1) is 21.5. The van der Waals surface area contributed by atoms with Gasteiger partial charge in [0, 0.05) is 23.1 Å². The first-order valence-electron chi connectivity index (χ1n) is 10.8. The normalized spacial score (nSPS) is 13.1. The zero-order valence-electron chi connectivity index (χ0n) is 18.5. The predicted octanol–water partition coefficient (Wildman–Crippen LogP) is 4.01. The van der Waals surface area contributed by atoms with E-state index in [0.717, 1.165) is 10.9 Å². The van der Waals surface area contributed by atoms with Crippen LogP contribution in [0.4, 0.5) is 11.4 Å². The molecule has 172 valence electrons. The van der Waals surface area contributed by atoms with Crippen molar-refractivity contribution in [2.24, 2.45) is 10.7 Å². The van der Waals surface area contributed by atoms with Crippen LogP contribution in [0.2, 0.25) is 0 Å². The van der Waals surface area contributed by atoms with Gasteiger partial charge in [-0.3, -0.25) is 4.79 Å². The maximum atomic E-state index is 11.9. The van der Waals surface area contributed by atoms with E-state index in [4.69, 9.17) is 29.4 Å². The van der Waals surface area contributed by atoms with Crippen LogP contribution >= 0.6 is 0 Å². The Hall–Kier alpha value is -4.30. The Balaban J connectivity index is 1.70. The van der Waals surface area contributed by atoms with E-state index in [9.17, 15) is 4.79 Å². The number of methoxy groups -OCH3 is 1. The molecule has 8 heteroatoms. The number of nitrogens with two attached hydrogens (primary N) is 1. The van der Waals surface area contributed by atoms with Gasteiger partial charge < -0.3 is 29.7 Å². The van der Waals surface area contributed by atoms with Gasteiger partial charge in [0.15, 0.2) is 11.5 Å². The molecule has 0 saturated heterocycles. The summed E-state index contributed by atoms with van der Waals surface area (Å²) in [7, 11) is 1.60. The monoisotopic (exact) mass is 457 g/mol. The third-order valence-corrected chi connectivity index (χ3v) is 5.38. The van der Waals surface area contributed by atoms with E-state index in [1.54, 1.807) is 13.2 Å². The zero-order chi connectivity index (χ0) is 23.5. The first-order valence-corrected chi connectivity index (χ1v) is 10.8. The summed E-state index contributed by atoms with van der Waals surface area (Å²) >= 11 is 0. The van der Waals surface area contributed by atoms with Crippen molar-refractivity contribution < 1.29 is 23.4 Å². The molecule has 0 spiro atoms. The summed E-state index contributed by atoms with van der Waals surface area (Å²) in [4.78, 5) is 16.8. The summed E-state index contributed by atoms with van der Waals surface area (Å²) in [5.74, 6) is 2.33. The van der Waals surface area contributed by atoms with E-state index in [2.05, 4.69) is 5.32 Å². The largest absolute Gasteiger partial charge is 0.497 e. The summed E-state index contributed by atoms with van der Waals surface area (Å²) < 4.78 is 23.0. The number of para-hydroxylation sites is 2. The van der Waals surface area contributed by atoms with Crippen LogP contribution in [-0.4, -0.2) is 32.8 Å². The van der Waals surface area contributed by atoms with Crippen LogP contribution < -0.4 is 30.6 Å². The van der Waals surface area contributed by atoms with Crippen LogP contribution in [0.15, 0.2) is 76.1 Å². The number of benzene rings is 3. The zero-order valence-corrected chi connectivity index (χ0v) is 18.5. The highest BCUT2D eigenvalue weighted by Crippen LogP contribution is 2.35. The van der Waals surface area contributed by atoms with Gasteiger partial charge in [0.2, 0.25) is 5.91 Å². The second-order valence-corrected chi connectivity index (χ2v) is 7.60. The topological polar surface area (TPSA) is 108 Å². The number of hydrogen-bond donors (Lipinski definition) is 2. The number of ether oxygens (including phenoxy) is 3. The third-order valence-electron chi connectivity index (χ3n) is 5.38. The number of carbonyl (C=O) groups excluding carboxylic acids is 1. The van der Waals surface area contributed by atoms with E-state index < -0.39 is 0 Å². The highest BCUT2D eigenvalue weighted by Gasteiger charge is 2.15. The number of nitrogens with zero attached hydrogens (tertiary/aromatic N) is 1. The molecule has 0 fully saturated rings. The van der Waals surface area contributed by atoms with Gasteiger partial charge in [-0.25, -0.2) is 4.99 Å². The van der Waals surface area contributed by atoms with Gasteiger partial charge in [0.1, 0.15) is 30.3 Å². The van der Waals surface area contributed by atoms with Crippen molar-refractivity contribution in [3.63, 3.8) is 0 Å². The molecule has 1 aliphatic rings. The Morgan fingerprint density at radius 2 is 1.85 bits per heavy atom. The van der Waals surface area contributed by atoms with Crippen molar-refractivity contribution in [3.8, 4) is 28.6 Å². The molecule has 0 atom stereocenters. The molecule has 0 unspecified atom stereocenters. The van der Waals surface area contributed by atoms with Gasteiger partial charge in [-0.2, -0.15) is 0 Å².